The van der Waals surface area contributed by atoms with E-state index in [0.29, 0.717) is 24.3 Å². The van der Waals surface area contributed by atoms with E-state index in [4.69, 9.17) is 4.74 Å². The van der Waals surface area contributed by atoms with E-state index in [9.17, 15) is 19.2 Å². The summed E-state index contributed by atoms with van der Waals surface area (Å²) in [5, 5.41) is 5.33. The molecule has 0 saturated heterocycles. The molecule has 0 radical (unpaired) electrons. The highest BCUT2D eigenvalue weighted by atomic mass is 16.5. The second-order valence-corrected chi connectivity index (χ2v) is 6.86. The van der Waals surface area contributed by atoms with Gasteiger partial charge in [0, 0.05) is 31.3 Å². The fourth-order valence-corrected chi connectivity index (χ4v) is 2.79. The van der Waals surface area contributed by atoms with Gasteiger partial charge in [0.2, 0.25) is 11.8 Å². The Balaban J connectivity index is 1.76. The van der Waals surface area contributed by atoms with Crippen LogP contribution in [0.5, 0.6) is 0 Å². The summed E-state index contributed by atoms with van der Waals surface area (Å²) in [4.78, 5) is 48.8. The molecule has 0 fully saturated rings. The first-order chi connectivity index (χ1) is 14.9. The lowest BCUT2D eigenvalue weighted by atomic mass is 10.1. The summed E-state index contributed by atoms with van der Waals surface area (Å²) in [6.45, 7) is 2.89. The summed E-state index contributed by atoms with van der Waals surface area (Å²) in [5.41, 5.74) is 2.17. The molecule has 0 unspecified atom stereocenters. The van der Waals surface area contributed by atoms with E-state index in [-0.39, 0.29) is 24.8 Å². The minimum absolute atomic E-state index is 0.162. The molecule has 31 heavy (non-hydrogen) atoms. The van der Waals surface area contributed by atoms with Gasteiger partial charge in [0.25, 0.3) is 5.91 Å². The lowest BCUT2D eigenvalue weighted by Gasteiger charge is -2.20. The third kappa shape index (κ3) is 8.69. The highest BCUT2D eigenvalue weighted by molar-refractivity contribution is 5.95. The average molecular weight is 425 g/mol. The molecule has 0 aliphatic heterocycles. The Hall–Kier alpha value is -3.68. The van der Waals surface area contributed by atoms with Crippen LogP contribution < -0.4 is 10.6 Å². The van der Waals surface area contributed by atoms with Gasteiger partial charge < -0.3 is 20.3 Å². The molecule has 2 aromatic rings. The molecule has 0 atom stereocenters. The molecule has 2 aromatic carbocycles. The highest BCUT2D eigenvalue weighted by Crippen LogP contribution is 2.13. The number of hydrogen-bond donors (Lipinski definition) is 2. The molecule has 164 valence electrons. The van der Waals surface area contributed by atoms with Gasteiger partial charge in [-0.05, 0) is 43.2 Å². The van der Waals surface area contributed by atoms with Crippen molar-refractivity contribution < 1.29 is 23.9 Å². The van der Waals surface area contributed by atoms with Crippen molar-refractivity contribution in [2.24, 2.45) is 0 Å². The third-order valence-electron chi connectivity index (χ3n) is 4.38. The number of rotatable bonds is 10. The number of aryl methyl sites for hydroxylation is 1. The zero-order chi connectivity index (χ0) is 22.6. The molecule has 2 rings (SSSR count). The van der Waals surface area contributed by atoms with Gasteiger partial charge in [-0.2, -0.15) is 0 Å². The van der Waals surface area contributed by atoms with Crippen molar-refractivity contribution in [3.8, 4) is 0 Å². The van der Waals surface area contributed by atoms with Gasteiger partial charge >= 0.3 is 5.97 Å². The first-order valence-electron chi connectivity index (χ1n) is 10.0. The number of nitrogens with zero attached hydrogens (tertiary/aromatic N) is 1. The molecular formula is C23H27N3O5. The molecule has 8 heteroatoms. The van der Waals surface area contributed by atoms with Crippen LogP contribution in [-0.2, 0) is 30.3 Å². The van der Waals surface area contributed by atoms with Crippen LogP contribution in [0.4, 0.5) is 11.4 Å². The standard InChI is InChI=1S/C23H27N3O5/c1-3-26(15-21(28)25-20-12-10-19(11-13-20)24-17(2)27)22(29)16-31-23(30)14-9-18-7-5-4-6-8-18/h4-8,10-13H,3,9,14-16H2,1-2H3,(H,24,27)(H,25,28). The smallest absolute Gasteiger partial charge is 0.306 e. The number of carbonyl (C=O) groups excluding carboxylic acids is 4. The summed E-state index contributed by atoms with van der Waals surface area (Å²) < 4.78 is 5.06. The van der Waals surface area contributed by atoms with Crippen LogP contribution >= 0.6 is 0 Å². The molecule has 0 spiro atoms. The molecule has 0 aromatic heterocycles. The Morgan fingerprint density at radius 1 is 0.903 bits per heavy atom. The normalized spacial score (nSPS) is 10.1. The molecular weight excluding hydrogens is 398 g/mol. The molecule has 0 bridgehead atoms. The Bertz CT molecular complexity index is 897. The first kappa shape index (κ1) is 23.6. The number of nitrogens with one attached hydrogen (secondary N) is 2. The van der Waals surface area contributed by atoms with Gasteiger partial charge in [-0.15, -0.1) is 0 Å². The Kier molecular flexibility index (Phi) is 9.22. The Morgan fingerprint density at radius 2 is 1.52 bits per heavy atom. The van der Waals surface area contributed by atoms with Gasteiger partial charge in [-0.25, -0.2) is 0 Å². The van der Waals surface area contributed by atoms with E-state index >= 15 is 0 Å². The molecule has 3 amide bonds. The average Bonchev–Trinajstić information content (AvgIpc) is 2.76. The van der Waals surface area contributed by atoms with Gasteiger partial charge in [0.15, 0.2) is 6.61 Å². The molecule has 0 saturated carbocycles. The number of anilines is 2. The number of hydrogen-bond acceptors (Lipinski definition) is 5. The van der Waals surface area contributed by atoms with Crippen LogP contribution in [0.3, 0.4) is 0 Å². The van der Waals surface area contributed by atoms with Crippen LogP contribution in [0.2, 0.25) is 0 Å². The molecule has 0 heterocycles. The fourth-order valence-electron chi connectivity index (χ4n) is 2.79. The van der Waals surface area contributed by atoms with Crippen LogP contribution in [0.25, 0.3) is 0 Å². The lowest BCUT2D eigenvalue weighted by molar-refractivity contribution is -0.152. The second-order valence-electron chi connectivity index (χ2n) is 6.86. The topological polar surface area (TPSA) is 105 Å². The van der Waals surface area contributed by atoms with Crippen LogP contribution in [0.15, 0.2) is 54.6 Å². The maximum Gasteiger partial charge on any atom is 0.306 e. The summed E-state index contributed by atoms with van der Waals surface area (Å²) in [6.07, 6.45) is 0.715. The lowest BCUT2D eigenvalue weighted by Crippen LogP contribution is -2.40. The van der Waals surface area contributed by atoms with E-state index < -0.39 is 18.5 Å². The summed E-state index contributed by atoms with van der Waals surface area (Å²) >= 11 is 0. The van der Waals surface area contributed by atoms with E-state index in [1.54, 1.807) is 31.2 Å². The minimum Gasteiger partial charge on any atom is -0.456 e. The largest absolute Gasteiger partial charge is 0.456 e. The first-order valence-corrected chi connectivity index (χ1v) is 10.0. The SMILES string of the molecule is CCN(CC(=O)Nc1ccc(NC(C)=O)cc1)C(=O)COC(=O)CCc1ccccc1. The van der Waals surface area contributed by atoms with Gasteiger partial charge in [-0.3, -0.25) is 19.2 Å². The second kappa shape index (κ2) is 12.1. The van der Waals surface area contributed by atoms with Crippen molar-refractivity contribution in [1.29, 1.82) is 0 Å². The van der Waals surface area contributed by atoms with Crippen molar-refractivity contribution in [3.63, 3.8) is 0 Å². The molecule has 2 N–H and O–H groups in total. The van der Waals surface area contributed by atoms with Crippen LogP contribution in [-0.4, -0.2) is 48.3 Å². The predicted octanol–water partition coefficient (Wildman–Crippen LogP) is 2.61. The van der Waals surface area contributed by atoms with Crippen molar-refractivity contribution in [1.82, 2.24) is 4.90 Å². The fraction of sp³-hybridized carbons (Fsp3) is 0.304. The van der Waals surface area contributed by atoms with Gasteiger partial charge in [-0.1, -0.05) is 30.3 Å². The van der Waals surface area contributed by atoms with Gasteiger partial charge in [0.05, 0.1) is 6.54 Å². The molecule has 0 aliphatic carbocycles. The van der Waals surface area contributed by atoms with E-state index in [0.717, 1.165) is 5.56 Å². The highest BCUT2D eigenvalue weighted by Gasteiger charge is 2.17. The Labute approximate surface area is 181 Å². The molecule has 0 aliphatic rings. The quantitative estimate of drug-likeness (QED) is 0.570. The number of likely N-dealkylation sites (N-methyl/N-ethyl adjacent to an activating group) is 1. The number of ether oxygens (including phenoxy) is 1. The van der Waals surface area contributed by atoms with E-state index in [1.807, 2.05) is 30.3 Å². The number of amides is 3. The zero-order valence-corrected chi connectivity index (χ0v) is 17.7. The van der Waals surface area contributed by atoms with Crippen molar-refractivity contribution >= 4 is 35.1 Å². The predicted molar refractivity (Wildman–Crippen MR) is 117 cm³/mol. The number of benzene rings is 2. The molecule has 8 nitrogen and oxygen atoms in total. The monoisotopic (exact) mass is 425 g/mol. The van der Waals surface area contributed by atoms with Crippen molar-refractivity contribution in [3.05, 3.63) is 60.2 Å². The summed E-state index contributed by atoms with van der Waals surface area (Å²) in [7, 11) is 0. The zero-order valence-electron chi connectivity index (χ0n) is 17.7. The maximum absolute atomic E-state index is 12.3. The number of esters is 1. The summed E-state index contributed by atoms with van der Waals surface area (Å²) in [5.74, 6) is -1.46. The Morgan fingerprint density at radius 3 is 2.10 bits per heavy atom. The van der Waals surface area contributed by atoms with Crippen molar-refractivity contribution in [2.75, 3.05) is 30.3 Å². The van der Waals surface area contributed by atoms with Gasteiger partial charge in [0.1, 0.15) is 0 Å². The minimum atomic E-state index is -0.461. The van der Waals surface area contributed by atoms with Crippen LogP contribution in [0.1, 0.15) is 25.8 Å². The van der Waals surface area contributed by atoms with Crippen LogP contribution in [0, 0.1) is 0 Å². The third-order valence-corrected chi connectivity index (χ3v) is 4.38. The van der Waals surface area contributed by atoms with Crippen molar-refractivity contribution in [2.45, 2.75) is 26.7 Å². The number of carbonyl (C=O) groups is 4. The summed E-state index contributed by atoms with van der Waals surface area (Å²) in [6, 6.07) is 16.1. The maximum atomic E-state index is 12.3. The van der Waals surface area contributed by atoms with E-state index in [1.165, 1.54) is 11.8 Å². The van der Waals surface area contributed by atoms with E-state index in [2.05, 4.69) is 10.6 Å².